The molecule has 0 aliphatic carbocycles. The molecule has 0 radical (unpaired) electrons. The minimum Gasteiger partial charge on any atom is -0.378 e. The SMILES string of the molecule is CS(=O)(=O)OC[C@@H](CC(=O)N1CCOCC1)Nc1ccc(S(N)(=O)=O)cc1[N+](=O)[O-]. The van der Waals surface area contributed by atoms with Crippen molar-refractivity contribution in [3.63, 3.8) is 0 Å². The lowest BCUT2D eigenvalue weighted by molar-refractivity contribution is -0.384. The monoisotopic (exact) mass is 466 g/mol. The molecule has 1 aliphatic heterocycles. The van der Waals surface area contributed by atoms with Gasteiger partial charge in [-0.05, 0) is 12.1 Å². The number of hydrogen-bond donors (Lipinski definition) is 2. The predicted octanol–water partition coefficient (Wildman–Crippen LogP) is -0.752. The maximum atomic E-state index is 12.5. The van der Waals surface area contributed by atoms with E-state index in [2.05, 4.69) is 5.32 Å². The van der Waals surface area contributed by atoms with Crippen LogP contribution in [-0.2, 0) is 33.9 Å². The van der Waals surface area contributed by atoms with Gasteiger partial charge >= 0.3 is 0 Å². The Morgan fingerprint density at radius 1 is 1.33 bits per heavy atom. The van der Waals surface area contributed by atoms with Crippen molar-refractivity contribution >= 4 is 37.4 Å². The lowest BCUT2D eigenvalue weighted by Crippen LogP contribution is -2.43. The fraction of sp³-hybridized carbons (Fsp3) is 0.533. The van der Waals surface area contributed by atoms with Crippen molar-refractivity contribution in [2.45, 2.75) is 17.4 Å². The summed E-state index contributed by atoms with van der Waals surface area (Å²) < 4.78 is 55.6. The highest BCUT2D eigenvalue weighted by Crippen LogP contribution is 2.28. The summed E-state index contributed by atoms with van der Waals surface area (Å²) in [6, 6.07) is 2.00. The third-order valence-electron chi connectivity index (χ3n) is 4.12. The lowest BCUT2D eigenvalue weighted by Gasteiger charge is -2.29. The Bertz CT molecular complexity index is 1000. The number of anilines is 1. The molecule has 0 bridgehead atoms. The molecule has 1 fully saturated rings. The summed E-state index contributed by atoms with van der Waals surface area (Å²) in [6.07, 6.45) is 0.612. The molecule has 0 saturated carbocycles. The maximum Gasteiger partial charge on any atom is 0.293 e. The molecule has 15 heteroatoms. The summed E-state index contributed by atoms with van der Waals surface area (Å²) in [4.78, 5) is 24.1. The molecule has 1 aliphatic rings. The predicted molar refractivity (Wildman–Crippen MR) is 105 cm³/mol. The third-order valence-corrected chi connectivity index (χ3v) is 5.60. The fourth-order valence-electron chi connectivity index (χ4n) is 2.69. The molecule has 0 unspecified atom stereocenters. The average molecular weight is 466 g/mol. The number of carbonyl (C=O) groups excluding carboxylic acids is 1. The molecule has 1 amide bonds. The molecule has 1 aromatic rings. The molecule has 0 aromatic heterocycles. The number of ether oxygens (including phenoxy) is 1. The van der Waals surface area contributed by atoms with Crippen molar-refractivity contribution in [3.8, 4) is 0 Å². The van der Waals surface area contributed by atoms with E-state index < -0.39 is 48.3 Å². The van der Waals surface area contributed by atoms with Crippen LogP contribution in [0.15, 0.2) is 23.1 Å². The number of sulfonamides is 1. The van der Waals surface area contributed by atoms with Crippen LogP contribution in [0.4, 0.5) is 11.4 Å². The molecule has 1 atom stereocenters. The first-order valence-corrected chi connectivity index (χ1v) is 12.0. The average Bonchev–Trinajstić information content (AvgIpc) is 2.65. The number of amides is 1. The van der Waals surface area contributed by atoms with Gasteiger partial charge in [0.2, 0.25) is 15.9 Å². The summed E-state index contributed by atoms with van der Waals surface area (Å²) in [5.74, 6) is -0.322. The number of morpholine rings is 1. The summed E-state index contributed by atoms with van der Waals surface area (Å²) in [7, 11) is -8.02. The second-order valence-electron chi connectivity index (χ2n) is 6.51. The minimum absolute atomic E-state index is 0.121. The van der Waals surface area contributed by atoms with Crippen LogP contribution in [0.2, 0.25) is 0 Å². The van der Waals surface area contributed by atoms with Crippen molar-refractivity contribution < 1.29 is 35.5 Å². The third kappa shape index (κ3) is 7.17. The van der Waals surface area contributed by atoms with E-state index in [0.29, 0.717) is 26.3 Å². The molecule has 1 heterocycles. The number of nitro groups is 1. The topological polar surface area (TPSA) is 188 Å². The summed E-state index contributed by atoms with van der Waals surface area (Å²) in [6.45, 7) is 0.987. The van der Waals surface area contributed by atoms with Crippen LogP contribution >= 0.6 is 0 Å². The fourth-order valence-corrected chi connectivity index (χ4v) is 3.64. The van der Waals surface area contributed by atoms with E-state index in [4.69, 9.17) is 14.1 Å². The molecular weight excluding hydrogens is 444 g/mol. The summed E-state index contributed by atoms with van der Waals surface area (Å²) >= 11 is 0. The van der Waals surface area contributed by atoms with Gasteiger partial charge < -0.3 is 15.0 Å². The van der Waals surface area contributed by atoms with Crippen LogP contribution in [0, 0.1) is 10.1 Å². The van der Waals surface area contributed by atoms with Crippen molar-refractivity contribution in [3.05, 3.63) is 28.3 Å². The van der Waals surface area contributed by atoms with E-state index in [1.54, 1.807) is 0 Å². The molecule has 0 spiro atoms. The van der Waals surface area contributed by atoms with Crippen molar-refractivity contribution in [1.29, 1.82) is 0 Å². The van der Waals surface area contributed by atoms with Gasteiger partial charge in [0.25, 0.3) is 15.8 Å². The normalized spacial score (nSPS) is 16.1. The number of nitrogens with two attached hydrogens (primary N) is 1. The summed E-state index contributed by atoms with van der Waals surface area (Å²) in [5.41, 5.74) is -0.728. The molecule has 3 N–H and O–H groups in total. The number of carbonyl (C=O) groups is 1. The lowest BCUT2D eigenvalue weighted by atomic mass is 10.1. The van der Waals surface area contributed by atoms with Gasteiger partial charge in [0.05, 0.1) is 41.9 Å². The molecule has 1 saturated heterocycles. The van der Waals surface area contributed by atoms with E-state index in [9.17, 15) is 31.7 Å². The Morgan fingerprint density at radius 3 is 2.50 bits per heavy atom. The van der Waals surface area contributed by atoms with E-state index in [1.807, 2.05) is 0 Å². The molecular formula is C15H22N4O9S2. The molecule has 30 heavy (non-hydrogen) atoms. The zero-order chi connectivity index (χ0) is 22.5. The smallest absolute Gasteiger partial charge is 0.293 e. The Hall–Kier alpha value is -2.33. The Labute approximate surface area is 173 Å². The standard InChI is InChI=1S/C15H22N4O9S2/c1-29(23,24)28-10-11(8-15(20)18-4-6-27-7-5-18)17-13-3-2-12(30(16,25)26)9-14(13)19(21)22/h2-3,9,11,17H,4-8,10H2,1H3,(H2,16,25,26)/t11-/m1/s1. The van der Waals surface area contributed by atoms with Crippen LogP contribution in [0.5, 0.6) is 0 Å². The van der Waals surface area contributed by atoms with Gasteiger partial charge in [0.15, 0.2) is 0 Å². The first-order chi connectivity index (χ1) is 13.9. The zero-order valence-electron chi connectivity index (χ0n) is 16.0. The number of benzene rings is 1. The van der Waals surface area contributed by atoms with E-state index >= 15 is 0 Å². The first-order valence-electron chi connectivity index (χ1n) is 8.64. The van der Waals surface area contributed by atoms with Crippen LogP contribution in [0.25, 0.3) is 0 Å². The molecule has 1 aromatic carbocycles. The molecule has 168 valence electrons. The largest absolute Gasteiger partial charge is 0.378 e. The van der Waals surface area contributed by atoms with Gasteiger partial charge in [-0.2, -0.15) is 8.42 Å². The van der Waals surface area contributed by atoms with Crippen LogP contribution < -0.4 is 10.5 Å². The number of nitrogens with zero attached hydrogens (tertiary/aromatic N) is 2. The highest BCUT2D eigenvalue weighted by molar-refractivity contribution is 7.89. The number of nitrogens with one attached hydrogen (secondary N) is 1. The Morgan fingerprint density at radius 2 is 1.97 bits per heavy atom. The Kier molecular flexibility index (Phi) is 7.70. The van der Waals surface area contributed by atoms with Gasteiger partial charge in [-0.15, -0.1) is 0 Å². The highest BCUT2D eigenvalue weighted by Gasteiger charge is 2.26. The van der Waals surface area contributed by atoms with Crippen LogP contribution in [0.1, 0.15) is 6.42 Å². The van der Waals surface area contributed by atoms with Crippen LogP contribution in [-0.4, -0.2) is 77.8 Å². The number of rotatable bonds is 9. The molecule has 13 nitrogen and oxygen atoms in total. The van der Waals surface area contributed by atoms with Crippen molar-refractivity contribution in [2.24, 2.45) is 5.14 Å². The van der Waals surface area contributed by atoms with Gasteiger partial charge in [-0.25, -0.2) is 13.6 Å². The Balaban J connectivity index is 2.27. The maximum absolute atomic E-state index is 12.5. The number of primary sulfonamides is 1. The van der Waals surface area contributed by atoms with Gasteiger partial charge in [0, 0.05) is 25.6 Å². The van der Waals surface area contributed by atoms with E-state index in [-0.39, 0.29) is 18.0 Å². The van der Waals surface area contributed by atoms with E-state index in [0.717, 1.165) is 24.5 Å². The molecule has 2 rings (SSSR count). The zero-order valence-corrected chi connectivity index (χ0v) is 17.6. The number of hydrogen-bond acceptors (Lipinski definition) is 10. The quantitative estimate of drug-likeness (QED) is 0.266. The number of nitro benzene ring substituents is 1. The van der Waals surface area contributed by atoms with E-state index in [1.165, 1.54) is 4.90 Å². The van der Waals surface area contributed by atoms with Gasteiger partial charge in [0.1, 0.15) is 5.69 Å². The van der Waals surface area contributed by atoms with Crippen molar-refractivity contribution in [1.82, 2.24) is 4.90 Å². The van der Waals surface area contributed by atoms with Gasteiger partial charge in [-0.3, -0.25) is 19.1 Å². The van der Waals surface area contributed by atoms with Gasteiger partial charge in [-0.1, -0.05) is 0 Å². The summed E-state index contributed by atoms with van der Waals surface area (Å²) in [5, 5.41) is 19.1. The second-order valence-corrected chi connectivity index (χ2v) is 9.71. The first kappa shape index (κ1) is 23.9. The van der Waals surface area contributed by atoms with Crippen molar-refractivity contribution in [2.75, 3.05) is 44.5 Å². The highest BCUT2D eigenvalue weighted by atomic mass is 32.2. The minimum atomic E-state index is -4.18. The van der Waals surface area contributed by atoms with Crippen LogP contribution in [0.3, 0.4) is 0 Å². The second kappa shape index (κ2) is 9.65.